The van der Waals surface area contributed by atoms with E-state index in [4.69, 9.17) is 9.47 Å². The maximum Gasteiger partial charge on any atom is 0.271 e. The first-order chi connectivity index (χ1) is 13.7. The first-order valence-electron chi connectivity index (χ1n) is 9.20. The number of hydrogen-bond donors (Lipinski definition) is 1. The highest BCUT2D eigenvalue weighted by Crippen LogP contribution is 2.29. The smallest absolute Gasteiger partial charge is 0.271 e. The van der Waals surface area contributed by atoms with Gasteiger partial charge >= 0.3 is 0 Å². The summed E-state index contributed by atoms with van der Waals surface area (Å²) in [6.07, 6.45) is 0.246. The number of rotatable bonds is 9. The highest BCUT2D eigenvalue weighted by molar-refractivity contribution is 5.92. The van der Waals surface area contributed by atoms with Crippen molar-refractivity contribution in [3.63, 3.8) is 0 Å². The molecule has 1 amide bonds. The molecule has 0 spiro atoms. The molecule has 0 aromatic heterocycles. The molecule has 8 nitrogen and oxygen atoms in total. The van der Waals surface area contributed by atoms with Crippen LogP contribution >= 0.6 is 0 Å². The number of anilines is 1. The van der Waals surface area contributed by atoms with Crippen LogP contribution in [0.25, 0.3) is 0 Å². The number of aryl methyl sites for hydroxylation is 2. The van der Waals surface area contributed by atoms with Crippen molar-refractivity contribution in [1.82, 2.24) is 4.90 Å². The molecule has 0 aliphatic rings. The second-order valence-corrected chi connectivity index (χ2v) is 6.94. The highest BCUT2D eigenvalue weighted by atomic mass is 16.6. The van der Waals surface area contributed by atoms with Gasteiger partial charge in [-0.05, 0) is 43.7 Å². The van der Waals surface area contributed by atoms with Crippen molar-refractivity contribution in [1.29, 1.82) is 0 Å². The number of nitrogens with one attached hydrogen (secondary N) is 1. The Morgan fingerprint density at radius 1 is 1.14 bits per heavy atom. The normalized spacial score (nSPS) is 10.7. The van der Waals surface area contributed by atoms with Gasteiger partial charge in [0.1, 0.15) is 11.5 Å². The zero-order chi connectivity index (χ0) is 21.6. The summed E-state index contributed by atoms with van der Waals surface area (Å²) in [7, 11) is 5.05. The minimum absolute atomic E-state index is 0.108. The second kappa shape index (κ2) is 9.88. The summed E-state index contributed by atoms with van der Waals surface area (Å²) < 4.78 is 10.6. The second-order valence-electron chi connectivity index (χ2n) is 6.94. The van der Waals surface area contributed by atoms with Crippen LogP contribution in [0, 0.1) is 24.0 Å². The van der Waals surface area contributed by atoms with Crippen LogP contribution in [0.1, 0.15) is 23.1 Å². The lowest BCUT2D eigenvalue weighted by atomic mass is 10.1. The minimum atomic E-state index is -0.512. The van der Waals surface area contributed by atoms with Crippen LogP contribution in [0.4, 0.5) is 11.4 Å². The summed E-state index contributed by atoms with van der Waals surface area (Å²) in [6, 6.07) is 8.26. The van der Waals surface area contributed by atoms with Crippen molar-refractivity contribution in [3.05, 3.63) is 57.1 Å². The summed E-state index contributed by atoms with van der Waals surface area (Å²) in [5.74, 6) is 1.03. The molecule has 0 fully saturated rings. The van der Waals surface area contributed by atoms with Gasteiger partial charge in [0.15, 0.2) is 0 Å². The van der Waals surface area contributed by atoms with Gasteiger partial charge in [-0.15, -0.1) is 0 Å². The van der Waals surface area contributed by atoms with Crippen LogP contribution < -0.4 is 14.8 Å². The molecule has 29 heavy (non-hydrogen) atoms. The predicted octanol–water partition coefficient (Wildman–Crippen LogP) is 3.69. The topological polar surface area (TPSA) is 93.9 Å². The zero-order valence-corrected chi connectivity index (χ0v) is 17.4. The fraction of sp³-hybridized carbons (Fsp3) is 0.381. The molecule has 0 saturated heterocycles. The van der Waals surface area contributed by atoms with E-state index in [0.29, 0.717) is 18.8 Å². The molecule has 2 aromatic rings. The molecule has 8 heteroatoms. The number of amides is 1. The number of nitro groups is 1. The van der Waals surface area contributed by atoms with Gasteiger partial charge in [0.05, 0.1) is 24.8 Å². The van der Waals surface area contributed by atoms with Gasteiger partial charge in [-0.1, -0.05) is 12.1 Å². The third-order valence-corrected chi connectivity index (χ3v) is 4.57. The summed E-state index contributed by atoms with van der Waals surface area (Å²) in [5.41, 5.74) is 3.47. The maximum atomic E-state index is 12.3. The lowest BCUT2D eigenvalue weighted by molar-refractivity contribution is -0.384. The predicted molar refractivity (Wildman–Crippen MR) is 112 cm³/mol. The van der Waals surface area contributed by atoms with Gasteiger partial charge < -0.3 is 19.7 Å². The summed E-state index contributed by atoms with van der Waals surface area (Å²) in [4.78, 5) is 24.8. The largest absolute Gasteiger partial charge is 0.496 e. The van der Waals surface area contributed by atoms with Gasteiger partial charge in [0, 0.05) is 31.6 Å². The van der Waals surface area contributed by atoms with Crippen LogP contribution in [0.3, 0.4) is 0 Å². The first-order valence-corrected chi connectivity index (χ1v) is 9.20. The molecule has 2 aromatic carbocycles. The van der Waals surface area contributed by atoms with E-state index < -0.39 is 4.92 Å². The lowest BCUT2D eigenvalue weighted by Gasteiger charge is -2.18. The standard InChI is InChI=1S/C21H27N3O5/c1-14-10-16(11-15(2)21(14)29-5)13-23(3)9-8-20(25)22-18-12-17(24(26)27)6-7-19(18)28-4/h6-7,10-12H,8-9,13H2,1-5H3,(H,22,25). The Balaban J connectivity index is 1.96. The quantitative estimate of drug-likeness (QED) is 0.509. The lowest BCUT2D eigenvalue weighted by Crippen LogP contribution is -2.24. The number of carbonyl (C=O) groups excluding carboxylic acids is 1. The third-order valence-electron chi connectivity index (χ3n) is 4.57. The fourth-order valence-corrected chi connectivity index (χ4v) is 3.26. The fourth-order valence-electron chi connectivity index (χ4n) is 3.26. The molecule has 156 valence electrons. The minimum Gasteiger partial charge on any atom is -0.496 e. The SMILES string of the molecule is COc1ccc([N+](=O)[O-])cc1NC(=O)CCN(C)Cc1cc(C)c(OC)c(C)c1. The van der Waals surface area contributed by atoms with Crippen molar-refractivity contribution in [2.75, 3.05) is 33.1 Å². The number of methoxy groups -OCH3 is 2. The molecule has 0 atom stereocenters. The summed E-state index contributed by atoms with van der Waals surface area (Å²) in [5, 5.41) is 13.7. The van der Waals surface area contributed by atoms with Gasteiger partial charge in [-0.2, -0.15) is 0 Å². The first kappa shape index (κ1) is 22.2. The molecule has 2 rings (SSSR count). The zero-order valence-electron chi connectivity index (χ0n) is 17.4. The highest BCUT2D eigenvalue weighted by Gasteiger charge is 2.14. The Morgan fingerprint density at radius 3 is 2.34 bits per heavy atom. The van der Waals surface area contributed by atoms with Gasteiger partial charge in [-0.3, -0.25) is 14.9 Å². The van der Waals surface area contributed by atoms with E-state index in [9.17, 15) is 14.9 Å². The average molecular weight is 401 g/mol. The van der Waals surface area contributed by atoms with Crippen molar-refractivity contribution in [3.8, 4) is 11.5 Å². The molecule has 0 unspecified atom stereocenters. The van der Waals surface area contributed by atoms with Gasteiger partial charge in [0.25, 0.3) is 5.69 Å². The molecule has 1 N–H and O–H groups in total. The molecule has 0 radical (unpaired) electrons. The number of hydrogen-bond acceptors (Lipinski definition) is 6. The van der Waals surface area contributed by atoms with Gasteiger partial charge in [0.2, 0.25) is 5.91 Å². The van der Waals surface area contributed by atoms with Crippen LogP contribution in [0.15, 0.2) is 30.3 Å². The number of benzene rings is 2. The van der Waals surface area contributed by atoms with Crippen molar-refractivity contribution in [2.24, 2.45) is 0 Å². The molecular formula is C21H27N3O5. The molecular weight excluding hydrogens is 374 g/mol. The molecule has 0 saturated carbocycles. The number of nitro benzene ring substituents is 1. The van der Waals surface area contributed by atoms with Crippen LogP contribution in [0.5, 0.6) is 11.5 Å². The van der Waals surface area contributed by atoms with Crippen molar-refractivity contribution >= 4 is 17.3 Å². The van der Waals surface area contributed by atoms with Crippen LogP contribution in [-0.4, -0.2) is 43.5 Å². The molecule has 0 aliphatic heterocycles. The Bertz CT molecular complexity index is 875. The number of non-ortho nitro benzene ring substituents is 1. The number of carbonyl (C=O) groups is 1. The Labute approximate surface area is 170 Å². The Kier molecular flexibility index (Phi) is 7.55. The third kappa shape index (κ3) is 5.92. The van der Waals surface area contributed by atoms with E-state index in [0.717, 1.165) is 22.4 Å². The molecule has 0 heterocycles. The number of nitrogens with zero attached hydrogens (tertiary/aromatic N) is 2. The molecule has 0 aliphatic carbocycles. The van der Waals surface area contributed by atoms with E-state index in [1.807, 2.05) is 25.8 Å². The Hall–Kier alpha value is -3.13. The van der Waals surface area contributed by atoms with Gasteiger partial charge in [-0.25, -0.2) is 0 Å². The maximum absolute atomic E-state index is 12.3. The van der Waals surface area contributed by atoms with E-state index in [1.165, 1.54) is 25.3 Å². The summed E-state index contributed by atoms with van der Waals surface area (Å²) >= 11 is 0. The van der Waals surface area contributed by atoms with Crippen LogP contribution in [0.2, 0.25) is 0 Å². The Morgan fingerprint density at radius 2 is 1.79 bits per heavy atom. The summed E-state index contributed by atoms with van der Waals surface area (Å²) in [6.45, 7) is 5.25. The molecule has 0 bridgehead atoms. The van der Waals surface area contributed by atoms with Crippen LogP contribution in [-0.2, 0) is 11.3 Å². The van der Waals surface area contributed by atoms with E-state index >= 15 is 0 Å². The monoisotopic (exact) mass is 401 g/mol. The number of ether oxygens (including phenoxy) is 2. The van der Waals surface area contributed by atoms with Crippen molar-refractivity contribution < 1.29 is 19.2 Å². The van der Waals surface area contributed by atoms with E-state index in [1.54, 1.807) is 7.11 Å². The van der Waals surface area contributed by atoms with E-state index in [-0.39, 0.29) is 23.7 Å². The average Bonchev–Trinajstić information content (AvgIpc) is 2.66. The van der Waals surface area contributed by atoms with Crippen molar-refractivity contribution in [2.45, 2.75) is 26.8 Å². The van der Waals surface area contributed by atoms with E-state index in [2.05, 4.69) is 17.4 Å².